The van der Waals surface area contributed by atoms with Gasteiger partial charge in [0, 0.05) is 6.54 Å². The first kappa shape index (κ1) is 17.9. The Morgan fingerprint density at radius 2 is 2.00 bits per heavy atom. The summed E-state index contributed by atoms with van der Waals surface area (Å²) in [5.41, 5.74) is 0.538. The molecule has 0 heterocycles. The van der Waals surface area contributed by atoms with Gasteiger partial charge in [-0.1, -0.05) is 32.8 Å². The van der Waals surface area contributed by atoms with Crippen molar-refractivity contribution in [2.24, 2.45) is 5.92 Å². The third-order valence-corrected chi connectivity index (χ3v) is 4.68. The van der Waals surface area contributed by atoms with Crippen LogP contribution in [0.5, 0.6) is 5.75 Å². The number of methoxy groups -OCH3 is 1. The molecular formula is C15H25NO4S. The zero-order chi connectivity index (χ0) is 15.9. The van der Waals surface area contributed by atoms with Gasteiger partial charge in [-0.05, 0) is 30.0 Å². The molecule has 0 atom stereocenters. The average Bonchev–Trinajstić information content (AvgIpc) is 2.45. The van der Waals surface area contributed by atoms with E-state index in [2.05, 4.69) is 18.6 Å². The quantitative estimate of drug-likeness (QED) is 0.686. The van der Waals surface area contributed by atoms with Crippen molar-refractivity contribution in [3.8, 4) is 5.75 Å². The molecule has 0 aliphatic heterocycles. The van der Waals surface area contributed by atoms with Gasteiger partial charge in [-0.3, -0.25) is 0 Å². The van der Waals surface area contributed by atoms with Gasteiger partial charge in [0.1, 0.15) is 10.6 Å². The molecule has 5 nitrogen and oxygen atoms in total. The molecule has 0 aliphatic rings. The van der Waals surface area contributed by atoms with Crippen molar-refractivity contribution >= 4 is 10.0 Å². The Bertz CT molecular complexity index is 541. The van der Waals surface area contributed by atoms with E-state index >= 15 is 0 Å². The van der Waals surface area contributed by atoms with E-state index in [1.807, 2.05) is 0 Å². The number of unbranched alkanes of at least 4 members (excludes halogenated alkanes) is 1. The van der Waals surface area contributed by atoms with Crippen molar-refractivity contribution in [2.45, 2.75) is 44.6 Å². The summed E-state index contributed by atoms with van der Waals surface area (Å²) in [4.78, 5) is 0.0698. The third-order valence-electron chi connectivity index (χ3n) is 3.20. The fourth-order valence-corrected chi connectivity index (χ4v) is 3.28. The van der Waals surface area contributed by atoms with Gasteiger partial charge in [-0.15, -0.1) is 0 Å². The summed E-state index contributed by atoms with van der Waals surface area (Å²) in [7, 11) is -2.20. The van der Waals surface area contributed by atoms with Crippen molar-refractivity contribution < 1.29 is 18.3 Å². The lowest BCUT2D eigenvalue weighted by Crippen LogP contribution is -2.25. The number of nitrogens with one attached hydrogen (secondary N) is 1. The van der Waals surface area contributed by atoms with Gasteiger partial charge in [0.05, 0.1) is 13.7 Å². The summed E-state index contributed by atoms with van der Waals surface area (Å²) >= 11 is 0. The van der Waals surface area contributed by atoms with Crippen LogP contribution in [0.25, 0.3) is 0 Å². The Labute approximate surface area is 127 Å². The summed E-state index contributed by atoms with van der Waals surface area (Å²) in [5.74, 6) is 0.907. The van der Waals surface area contributed by atoms with Gasteiger partial charge >= 0.3 is 0 Å². The molecule has 1 aromatic carbocycles. The lowest BCUT2D eigenvalue weighted by Gasteiger charge is -2.12. The summed E-state index contributed by atoms with van der Waals surface area (Å²) in [6, 6.07) is 4.63. The summed E-state index contributed by atoms with van der Waals surface area (Å²) in [5, 5.41) is 9.13. The molecule has 21 heavy (non-hydrogen) atoms. The van der Waals surface area contributed by atoms with Crippen LogP contribution < -0.4 is 9.46 Å². The minimum Gasteiger partial charge on any atom is -0.495 e. The van der Waals surface area contributed by atoms with E-state index in [1.165, 1.54) is 13.2 Å². The molecule has 0 aliphatic carbocycles. The van der Waals surface area contributed by atoms with Gasteiger partial charge in [0.25, 0.3) is 0 Å². The molecule has 0 unspecified atom stereocenters. The van der Waals surface area contributed by atoms with Gasteiger partial charge < -0.3 is 9.84 Å². The molecule has 0 bridgehead atoms. The highest BCUT2D eigenvalue weighted by atomic mass is 32.2. The van der Waals surface area contributed by atoms with Crippen molar-refractivity contribution in [3.05, 3.63) is 23.8 Å². The predicted molar refractivity (Wildman–Crippen MR) is 82.8 cm³/mol. The predicted octanol–water partition coefficient (Wildman–Crippen LogP) is 2.29. The lowest BCUT2D eigenvalue weighted by atomic mass is 10.1. The molecule has 0 fully saturated rings. The van der Waals surface area contributed by atoms with Gasteiger partial charge in [-0.2, -0.15) is 0 Å². The van der Waals surface area contributed by atoms with Gasteiger partial charge in [0.2, 0.25) is 10.0 Å². The van der Waals surface area contributed by atoms with Crippen LogP contribution in [0, 0.1) is 5.92 Å². The topological polar surface area (TPSA) is 75.6 Å². The number of sulfonamides is 1. The maximum Gasteiger partial charge on any atom is 0.244 e. The Hall–Kier alpha value is -1.11. The Kier molecular flexibility index (Phi) is 7.14. The highest BCUT2D eigenvalue weighted by molar-refractivity contribution is 7.89. The van der Waals surface area contributed by atoms with E-state index in [4.69, 9.17) is 9.84 Å². The second kappa shape index (κ2) is 8.36. The van der Waals surface area contributed by atoms with Crippen LogP contribution in [0.2, 0.25) is 0 Å². The number of hydrogen-bond donors (Lipinski definition) is 2. The largest absolute Gasteiger partial charge is 0.495 e. The van der Waals surface area contributed by atoms with E-state index in [-0.39, 0.29) is 17.3 Å². The van der Waals surface area contributed by atoms with Gasteiger partial charge in [0.15, 0.2) is 0 Å². The highest BCUT2D eigenvalue weighted by Gasteiger charge is 2.19. The Balaban J connectivity index is 2.73. The van der Waals surface area contributed by atoms with E-state index in [9.17, 15) is 8.42 Å². The van der Waals surface area contributed by atoms with E-state index < -0.39 is 10.0 Å². The number of hydrogen-bond acceptors (Lipinski definition) is 4. The summed E-state index contributed by atoms with van der Waals surface area (Å²) in [6.45, 7) is 4.49. The fraction of sp³-hybridized carbons (Fsp3) is 0.600. The maximum absolute atomic E-state index is 12.3. The number of aliphatic hydroxyl groups is 1. The number of benzene rings is 1. The van der Waals surface area contributed by atoms with Crippen LogP contribution in [-0.4, -0.2) is 27.2 Å². The first-order chi connectivity index (χ1) is 9.90. The van der Waals surface area contributed by atoms with Crippen LogP contribution in [0.3, 0.4) is 0 Å². The Morgan fingerprint density at radius 1 is 1.29 bits per heavy atom. The molecule has 0 amide bonds. The standard InChI is InChI=1S/C15H25NO4S/c1-12(2)6-4-5-9-16-21(18,19)15-10-13(11-17)7-8-14(15)20-3/h7-8,10,12,16-17H,4-6,9,11H2,1-3H3. The molecule has 1 aromatic rings. The van der Waals surface area contributed by atoms with Crippen molar-refractivity contribution in [1.82, 2.24) is 4.72 Å². The third kappa shape index (κ3) is 5.65. The summed E-state index contributed by atoms with van der Waals surface area (Å²) in [6.07, 6.45) is 2.89. The number of ether oxygens (including phenoxy) is 1. The molecule has 0 radical (unpaired) electrons. The highest BCUT2D eigenvalue weighted by Crippen LogP contribution is 2.24. The minimum absolute atomic E-state index is 0.0698. The van der Waals surface area contributed by atoms with Crippen LogP contribution in [0.1, 0.15) is 38.7 Å². The second-order valence-corrected chi connectivity index (χ2v) is 7.17. The SMILES string of the molecule is COc1ccc(CO)cc1S(=O)(=O)NCCCCC(C)C. The number of rotatable bonds is 9. The second-order valence-electron chi connectivity index (χ2n) is 5.43. The van der Waals surface area contributed by atoms with Crippen LogP contribution in [0.15, 0.2) is 23.1 Å². The normalized spacial score (nSPS) is 11.9. The smallest absolute Gasteiger partial charge is 0.244 e. The first-order valence-corrected chi connectivity index (χ1v) is 8.66. The van der Waals surface area contributed by atoms with Crippen LogP contribution in [-0.2, 0) is 16.6 Å². The van der Waals surface area contributed by atoms with Crippen molar-refractivity contribution in [2.75, 3.05) is 13.7 Å². The fourth-order valence-electron chi connectivity index (χ4n) is 1.99. The molecular weight excluding hydrogens is 290 g/mol. The van der Waals surface area contributed by atoms with Crippen LogP contribution >= 0.6 is 0 Å². The monoisotopic (exact) mass is 315 g/mol. The molecule has 0 aromatic heterocycles. The van der Waals surface area contributed by atoms with Crippen LogP contribution in [0.4, 0.5) is 0 Å². The lowest BCUT2D eigenvalue weighted by molar-refractivity contribution is 0.281. The number of aliphatic hydroxyl groups excluding tert-OH is 1. The molecule has 6 heteroatoms. The van der Waals surface area contributed by atoms with E-state index in [0.717, 1.165) is 19.3 Å². The minimum atomic E-state index is -3.62. The van der Waals surface area contributed by atoms with E-state index in [0.29, 0.717) is 18.0 Å². The van der Waals surface area contributed by atoms with Gasteiger partial charge in [-0.25, -0.2) is 13.1 Å². The zero-order valence-corrected chi connectivity index (χ0v) is 13.7. The summed E-state index contributed by atoms with van der Waals surface area (Å²) < 4.78 is 32.3. The molecule has 1 rings (SSSR count). The average molecular weight is 315 g/mol. The molecule has 120 valence electrons. The maximum atomic E-state index is 12.3. The molecule has 2 N–H and O–H groups in total. The van der Waals surface area contributed by atoms with Crippen molar-refractivity contribution in [3.63, 3.8) is 0 Å². The van der Waals surface area contributed by atoms with E-state index in [1.54, 1.807) is 12.1 Å². The molecule has 0 spiro atoms. The zero-order valence-electron chi connectivity index (χ0n) is 12.9. The van der Waals surface area contributed by atoms with Crippen molar-refractivity contribution in [1.29, 1.82) is 0 Å². The first-order valence-electron chi connectivity index (χ1n) is 7.18. The Morgan fingerprint density at radius 3 is 2.57 bits per heavy atom. The molecule has 0 saturated carbocycles. The molecule has 0 saturated heterocycles.